The van der Waals surface area contributed by atoms with Gasteiger partial charge in [0.1, 0.15) is 22.5 Å². The lowest BCUT2D eigenvalue weighted by atomic mass is 10.2. The highest BCUT2D eigenvalue weighted by atomic mass is 32.2. The van der Waals surface area contributed by atoms with Crippen molar-refractivity contribution < 1.29 is 36.3 Å². The number of anilines is 1. The lowest BCUT2D eigenvalue weighted by Crippen LogP contribution is -2.49. The topological polar surface area (TPSA) is 131 Å². The first-order valence-electron chi connectivity index (χ1n) is 9.71. The van der Waals surface area contributed by atoms with Crippen LogP contribution in [0.2, 0.25) is 0 Å². The fourth-order valence-corrected chi connectivity index (χ4v) is 3.24. The van der Waals surface area contributed by atoms with Gasteiger partial charge in [0.05, 0.1) is 12.3 Å². The van der Waals surface area contributed by atoms with Gasteiger partial charge in [-0.25, -0.2) is 22.0 Å². The van der Waals surface area contributed by atoms with Crippen LogP contribution in [0.5, 0.6) is 0 Å². The second-order valence-corrected chi connectivity index (χ2v) is 9.33. The van der Waals surface area contributed by atoms with Crippen molar-refractivity contribution in [2.75, 3.05) is 23.9 Å². The summed E-state index contributed by atoms with van der Waals surface area (Å²) < 4.78 is 54.2. The number of amides is 3. The van der Waals surface area contributed by atoms with Crippen LogP contribution in [0.4, 0.5) is 19.3 Å². The minimum atomic E-state index is -3.44. The van der Waals surface area contributed by atoms with Gasteiger partial charge in [-0.3, -0.25) is 9.59 Å². The van der Waals surface area contributed by atoms with Crippen LogP contribution in [0, 0.1) is 11.6 Å². The summed E-state index contributed by atoms with van der Waals surface area (Å²) in [6, 6.07) is 10.2. The van der Waals surface area contributed by atoms with Crippen LogP contribution in [-0.2, 0) is 30.8 Å². The van der Waals surface area contributed by atoms with Crippen molar-refractivity contribution >= 4 is 33.4 Å². The Hall–Kier alpha value is -3.54. The SMILES string of the molecule is CS(=O)(=O)CCC(NC(=O)OCc1ccccc1)C(=O)NCC(=O)Nc1ccc(F)c(F)c1. The molecule has 178 valence electrons. The summed E-state index contributed by atoms with van der Waals surface area (Å²) in [6.45, 7) is -0.627. The van der Waals surface area contributed by atoms with E-state index in [1.807, 2.05) is 0 Å². The summed E-state index contributed by atoms with van der Waals surface area (Å²) in [5.74, 6) is -4.21. The average Bonchev–Trinajstić information content (AvgIpc) is 2.76. The molecule has 0 aromatic heterocycles. The largest absolute Gasteiger partial charge is 0.445 e. The van der Waals surface area contributed by atoms with E-state index >= 15 is 0 Å². The standard InChI is InChI=1S/C21H23F2N3O6S/c1-33(30,31)10-9-18(26-21(29)32-13-14-5-3-2-4-6-14)20(28)24-12-19(27)25-15-7-8-16(22)17(23)11-15/h2-8,11,18H,9-10,12-13H2,1H3,(H,24,28)(H,25,27)(H,26,29). The van der Waals surface area contributed by atoms with Crippen LogP contribution in [0.1, 0.15) is 12.0 Å². The van der Waals surface area contributed by atoms with Crippen LogP contribution in [0.25, 0.3) is 0 Å². The summed E-state index contributed by atoms with van der Waals surface area (Å²) in [5.41, 5.74) is 0.683. The van der Waals surface area contributed by atoms with Gasteiger partial charge in [0.15, 0.2) is 11.6 Å². The van der Waals surface area contributed by atoms with Crippen molar-refractivity contribution in [3.8, 4) is 0 Å². The number of benzene rings is 2. The highest BCUT2D eigenvalue weighted by Gasteiger charge is 2.23. The van der Waals surface area contributed by atoms with Crippen LogP contribution >= 0.6 is 0 Å². The fourth-order valence-electron chi connectivity index (χ4n) is 2.58. The Morgan fingerprint density at radius 3 is 2.36 bits per heavy atom. The van der Waals surface area contributed by atoms with Gasteiger partial charge in [0, 0.05) is 18.0 Å². The maximum Gasteiger partial charge on any atom is 0.408 e. The Balaban J connectivity index is 1.92. The molecule has 3 N–H and O–H groups in total. The zero-order chi connectivity index (χ0) is 24.4. The molecule has 12 heteroatoms. The second kappa shape index (κ2) is 11.9. The van der Waals surface area contributed by atoms with E-state index in [4.69, 9.17) is 4.74 Å². The molecule has 2 rings (SSSR count). The minimum absolute atomic E-state index is 0.0237. The Bertz CT molecular complexity index is 1100. The lowest BCUT2D eigenvalue weighted by Gasteiger charge is -2.18. The average molecular weight is 483 g/mol. The predicted octanol–water partition coefficient (Wildman–Crippen LogP) is 1.75. The Kier molecular flexibility index (Phi) is 9.28. The second-order valence-electron chi connectivity index (χ2n) is 7.07. The number of nitrogens with one attached hydrogen (secondary N) is 3. The number of carbonyl (C=O) groups is 3. The quantitative estimate of drug-likeness (QED) is 0.472. The van der Waals surface area contributed by atoms with Gasteiger partial charge in [0.2, 0.25) is 11.8 Å². The Morgan fingerprint density at radius 2 is 1.73 bits per heavy atom. The third-order valence-electron chi connectivity index (χ3n) is 4.23. The summed E-state index contributed by atoms with van der Waals surface area (Å²) in [7, 11) is -3.44. The number of rotatable bonds is 10. The van der Waals surface area contributed by atoms with E-state index in [2.05, 4.69) is 16.0 Å². The van der Waals surface area contributed by atoms with Crippen LogP contribution in [-0.4, -0.2) is 50.9 Å². The molecule has 1 atom stereocenters. The molecule has 0 aliphatic carbocycles. The zero-order valence-corrected chi connectivity index (χ0v) is 18.5. The molecular weight excluding hydrogens is 460 g/mol. The molecular formula is C21H23F2N3O6S. The molecule has 0 heterocycles. The van der Waals surface area contributed by atoms with Crippen LogP contribution < -0.4 is 16.0 Å². The molecule has 0 saturated heterocycles. The van der Waals surface area contributed by atoms with Gasteiger partial charge in [-0.1, -0.05) is 30.3 Å². The normalized spacial score (nSPS) is 11.8. The molecule has 0 fully saturated rings. The Morgan fingerprint density at radius 1 is 1.03 bits per heavy atom. The number of carbonyl (C=O) groups excluding carboxylic acids is 3. The summed E-state index contributed by atoms with van der Waals surface area (Å²) in [4.78, 5) is 36.5. The molecule has 0 saturated carbocycles. The minimum Gasteiger partial charge on any atom is -0.445 e. The number of halogens is 2. The third kappa shape index (κ3) is 9.64. The first kappa shape index (κ1) is 25.7. The molecule has 2 aromatic rings. The van der Waals surface area contributed by atoms with Gasteiger partial charge in [-0.05, 0) is 24.1 Å². The van der Waals surface area contributed by atoms with Gasteiger partial charge in [-0.15, -0.1) is 0 Å². The molecule has 0 spiro atoms. The molecule has 0 aliphatic heterocycles. The van der Waals surface area contributed by atoms with E-state index in [-0.39, 0.29) is 18.7 Å². The van der Waals surface area contributed by atoms with Gasteiger partial charge in [0.25, 0.3) is 0 Å². The molecule has 33 heavy (non-hydrogen) atoms. The van der Waals surface area contributed by atoms with E-state index in [0.717, 1.165) is 24.5 Å². The monoisotopic (exact) mass is 483 g/mol. The van der Waals surface area contributed by atoms with E-state index in [1.54, 1.807) is 30.3 Å². The number of ether oxygens (including phenoxy) is 1. The van der Waals surface area contributed by atoms with Crippen LogP contribution in [0.3, 0.4) is 0 Å². The zero-order valence-electron chi connectivity index (χ0n) is 17.6. The number of hydrogen-bond donors (Lipinski definition) is 3. The first-order chi connectivity index (χ1) is 15.5. The summed E-state index contributed by atoms with van der Waals surface area (Å²) in [5, 5.41) is 6.82. The fraction of sp³-hybridized carbons (Fsp3) is 0.286. The molecule has 1 unspecified atom stereocenters. The number of alkyl carbamates (subject to hydrolysis) is 1. The smallest absolute Gasteiger partial charge is 0.408 e. The van der Waals surface area contributed by atoms with E-state index in [0.29, 0.717) is 5.56 Å². The molecule has 0 aliphatic rings. The summed E-state index contributed by atoms with van der Waals surface area (Å²) >= 11 is 0. The van der Waals surface area contributed by atoms with Gasteiger partial charge in [-0.2, -0.15) is 0 Å². The maximum absolute atomic E-state index is 13.2. The van der Waals surface area contributed by atoms with Crippen molar-refractivity contribution in [1.29, 1.82) is 0 Å². The molecule has 0 radical (unpaired) electrons. The highest BCUT2D eigenvalue weighted by molar-refractivity contribution is 7.90. The molecule has 0 bridgehead atoms. The van der Waals surface area contributed by atoms with E-state index < -0.39 is 57.7 Å². The van der Waals surface area contributed by atoms with Crippen LogP contribution in [0.15, 0.2) is 48.5 Å². The molecule has 9 nitrogen and oxygen atoms in total. The Labute approximate surface area is 189 Å². The number of hydrogen-bond acceptors (Lipinski definition) is 6. The molecule has 3 amide bonds. The van der Waals surface area contributed by atoms with Gasteiger partial charge < -0.3 is 20.7 Å². The predicted molar refractivity (Wildman–Crippen MR) is 116 cm³/mol. The van der Waals surface area contributed by atoms with Crippen molar-refractivity contribution in [2.45, 2.75) is 19.1 Å². The number of sulfone groups is 1. The van der Waals surface area contributed by atoms with Crippen molar-refractivity contribution in [2.24, 2.45) is 0 Å². The first-order valence-corrected chi connectivity index (χ1v) is 11.8. The van der Waals surface area contributed by atoms with Crippen molar-refractivity contribution in [3.63, 3.8) is 0 Å². The maximum atomic E-state index is 13.2. The highest BCUT2D eigenvalue weighted by Crippen LogP contribution is 2.12. The molecule has 2 aromatic carbocycles. The van der Waals surface area contributed by atoms with E-state index in [9.17, 15) is 31.6 Å². The summed E-state index contributed by atoms with van der Waals surface area (Å²) in [6.07, 6.45) is -0.223. The van der Waals surface area contributed by atoms with Crippen molar-refractivity contribution in [3.05, 3.63) is 65.7 Å². The van der Waals surface area contributed by atoms with E-state index in [1.165, 1.54) is 0 Å². The van der Waals surface area contributed by atoms with Crippen molar-refractivity contribution in [1.82, 2.24) is 10.6 Å². The van der Waals surface area contributed by atoms with Gasteiger partial charge >= 0.3 is 6.09 Å². The lowest BCUT2D eigenvalue weighted by molar-refractivity contribution is -0.125. The third-order valence-corrected chi connectivity index (χ3v) is 5.20.